The highest BCUT2D eigenvalue weighted by molar-refractivity contribution is 6.64. The van der Waals surface area contributed by atoms with Gasteiger partial charge in [0.05, 0.1) is 0 Å². The first-order valence-electron chi connectivity index (χ1n) is 10.2. The van der Waals surface area contributed by atoms with Gasteiger partial charge in [-0.25, -0.2) is 0 Å². The molecule has 0 bridgehead atoms. The summed E-state index contributed by atoms with van der Waals surface area (Å²) >= 11 is 5.89. The van der Waals surface area contributed by atoms with Crippen molar-refractivity contribution >= 4 is 22.6 Å². The van der Waals surface area contributed by atoms with Gasteiger partial charge in [0.1, 0.15) is 11.9 Å². The Hall–Kier alpha value is -1.17. The predicted molar refractivity (Wildman–Crippen MR) is 98.3 cm³/mol. The quantitative estimate of drug-likeness (QED) is 0.405. The van der Waals surface area contributed by atoms with E-state index in [1.54, 1.807) is 0 Å². The van der Waals surface area contributed by atoms with Crippen LogP contribution in [0.3, 0.4) is 0 Å². The van der Waals surface area contributed by atoms with Gasteiger partial charge in [0.15, 0.2) is 0 Å². The van der Waals surface area contributed by atoms with E-state index in [4.69, 9.17) is 16.4 Å². The minimum Gasteiger partial charge on any atom is -0.311 e. The number of hydrogen-bond donors (Lipinski definition) is 0. The molecule has 0 aromatic rings. The molecule has 0 aliphatic heterocycles. The van der Waals surface area contributed by atoms with Crippen molar-refractivity contribution in [1.29, 1.82) is 0 Å². The van der Waals surface area contributed by atoms with Gasteiger partial charge in [0.25, 0.3) is 5.09 Å². The smallest absolute Gasteiger partial charge is 0.294 e. The van der Waals surface area contributed by atoms with Crippen LogP contribution < -0.4 is 0 Å². The third-order valence-electron chi connectivity index (χ3n) is 8.81. The van der Waals surface area contributed by atoms with Crippen molar-refractivity contribution < 1.29 is 19.5 Å². The van der Waals surface area contributed by atoms with Gasteiger partial charge in [-0.1, -0.05) is 13.8 Å². The van der Waals surface area contributed by atoms with Crippen LogP contribution in [0, 0.1) is 50.5 Å². The van der Waals surface area contributed by atoms with E-state index in [1.165, 1.54) is 0 Å². The highest BCUT2D eigenvalue weighted by atomic mass is 35.5. The average Bonchev–Trinajstić information content (AvgIpc) is 2.91. The van der Waals surface area contributed by atoms with Crippen LogP contribution >= 0.6 is 11.6 Å². The van der Waals surface area contributed by atoms with Crippen LogP contribution in [-0.4, -0.2) is 22.2 Å². The molecule has 0 spiro atoms. The molecule has 4 saturated carbocycles. The highest BCUT2D eigenvalue weighted by Gasteiger charge is 2.64. The molecular formula is C20H28ClNO5. The van der Waals surface area contributed by atoms with Gasteiger partial charge in [-0.2, -0.15) is 0 Å². The van der Waals surface area contributed by atoms with Crippen LogP contribution in [0.2, 0.25) is 0 Å². The Bertz CT molecular complexity index is 683. The van der Waals surface area contributed by atoms with E-state index in [0.717, 1.165) is 32.1 Å². The van der Waals surface area contributed by atoms with Gasteiger partial charge in [0.2, 0.25) is 5.24 Å². The molecule has 4 aliphatic rings. The fourth-order valence-corrected chi connectivity index (χ4v) is 7.98. The molecule has 27 heavy (non-hydrogen) atoms. The van der Waals surface area contributed by atoms with E-state index < -0.39 is 5.09 Å². The topological polar surface area (TPSA) is 86.5 Å². The third kappa shape index (κ3) is 2.81. The van der Waals surface area contributed by atoms with Gasteiger partial charge in [-0.3, -0.25) is 9.59 Å². The normalized spacial score (nSPS) is 48.9. The lowest BCUT2D eigenvalue weighted by molar-refractivity contribution is -0.770. The van der Waals surface area contributed by atoms with Crippen LogP contribution in [0.5, 0.6) is 0 Å². The number of hydrogen-bond acceptors (Lipinski definition) is 5. The Morgan fingerprint density at radius 3 is 2.59 bits per heavy atom. The van der Waals surface area contributed by atoms with Crippen LogP contribution in [0.1, 0.15) is 65.2 Å². The van der Waals surface area contributed by atoms with Crippen molar-refractivity contribution in [3.8, 4) is 0 Å². The molecule has 4 fully saturated rings. The molecule has 0 radical (unpaired) electrons. The maximum Gasteiger partial charge on any atom is 0.294 e. The van der Waals surface area contributed by atoms with E-state index in [2.05, 4.69) is 13.8 Å². The fourth-order valence-electron chi connectivity index (χ4n) is 7.62. The lowest BCUT2D eigenvalue weighted by Crippen LogP contribution is -2.58. The van der Waals surface area contributed by atoms with E-state index >= 15 is 0 Å². The second kappa shape index (κ2) is 6.43. The molecule has 4 rings (SSSR count). The average molecular weight is 398 g/mol. The minimum atomic E-state index is -0.683. The summed E-state index contributed by atoms with van der Waals surface area (Å²) in [7, 11) is 0. The van der Waals surface area contributed by atoms with E-state index in [9.17, 15) is 19.7 Å². The molecule has 0 aromatic heterocycles. The lowest BCUT2D eigenvalue weighted by Gasteiger charge is -2.59. The van der Waals surface area contributed by atoms with E-state index in [-0.39, 0.29) is 45.7 Å². The molecule has 0 amide bonds. The fraction of sp³-hybridized carbons (Fsp3) is 0.900. The summed E-state index contributed by atoms with van der Waals surface area (Å²) in [5, 5.41) is 9.75. The number of carbonyl (C=O) groups excluding carboxylic acids is 2. The summed E-state index contributed by atoms with van der Waals surface area (Å²) in [4.78, 5) is 40.9. The van der Waals surface area contributed by atoms with Crippen LogP contribution in [-0.2, 0) is 14.4 Å². The van der Waals surface area contributed by atoms with Crippen LogP contribution in [0.4, 0.5) is 0 Å². The highest BCUT2D eigenvalue weighted by Crippen LogP contribution is 2.66. The summed E-state index contributed by atoms with van der Waals surface area (Å²) in [6.07, 6.45) is 5.90. The Balaban J connectivity index is 1.60. The molecular weight excluding hydrogens is 370 g/mol. The first-order valence-corrected chi connectivity index (χ1v) is 10.6. The summed E-state index contributed by atoms with van der Waals surface area (Å²) in [6.45, 7) is 4.32. The monoisotopic (exact) mass is 397 g/mol. The second-order valence-corrected chi connectivity index (χ2v) is 10.2. The maximum atomic E-state index is 13.4. The summed E-state index contributed by atoms with van der Waals surface area (Å²) in [6, 6.07) is 0. The van der Waals surface area contributed by atoms with Gasteiger partial charge >= 0.3 is 0 Å². The van der Waals surface area contributed by atoms with Gasteiger partial charge in [-0.05, 0) is 85.1 Å². The Labute approximate surface area is 164 Å². The summed E-state index contributed by atoms with van der Waals surface area (Å²) in [5.41, 5.74) is -0.410. The number of halogens is 1. The maximum absolute atomic E-state index is 13.4. The largest absolute Gasteiger partial charge is 0.311 e. The second-order valence-electron chi connectivity index (χ2n) is 9.84. The van der Waals surface area contributed by atoms with Crippen molar-refractivity contribution in [2.45, 2.75) is 71.3 Å². The first-order chi connectivity index (χ1) is 12.7. The minimum absolute atomic E-state index is 0.00931. The predicted octanol–water partition coefficient (Wildman–Crippen LogP) is 4.17. The molecule has 150 valence electrons. The molecule has 0 aromatic carbocycles. The Morgan fingerprint density at radius 2 is 1.93 bits per heavy atom. The van der Waals surface area contributed by atoms with Gasteiger partial charge < -0.3 is 4.84 Å². The van der Waals surface area contributed by atoms with Crippen molar-refractivity contribution in [2.75, 3.05) is 0 Å². The van der Waals surface area contributed by atoms with Crippen LogP contribution in [0.25, 0.3) is 0 Å². The summed E-state index contributed by atoms with van der Waals surface area (Å²) in [5.74, 6) is 1.06. The van der Waals surface area contributed by atoms with Crippen molar-refractivity contribution in [1.82, 2.24) is 0 Å². The first kappa shape index (κ1) is 19.2. The number of rotatable bonds is 3. The molecule has 8 atom stereocenters. The Kier molecular flexibility index (Phi) is 4.56. The molecule has 1 unspecified atom stereocenters. The Morgan fingerprint density at radius 1 is 1.19 bits per heavy atom. The number of fused-ring (bicyclic) bond motifs is 5. The number of Topliss-reactive ketones (excluding diaryl/α,β-unsaturated/α-hetero) is 1. The third-order valence-corrected chi connectivity index (χ3v) is 9.07. The number of nitrogens with zero attached hydrogens (tertiary/aromatic N) is 1. The molecule has 7 heteroatoms. The zero-order chi connectivity index (χ0) is 19.6. The summed E-state index contributed by atoms with van der Waals surface area (Å²) < 4.78 is 0. The number of ketones is 1. The van der Waals surface area contributed by atoms with Crippen molar-refractivity contribution in [2.24, 2.45) is 40.4 Å². The molecule has 0 saturated heterocycles. The molecule has 4 aliphatic carbocycles. The van der Waals surface area contributed by atoms with Gasteiger partial charge in [0, 0.05) is 18.3 Å². The van der Waals surface area contributed by atoms with E-state index in [1.807, 2.05) is 0 Å². The zero-order valence-electron chi connectivity index (χ0n) is 16.0. The van der Waals surface area contributed by atoms with Crippen molar-refractivity contribution in [3.05, 3.63) is 10.1 Å². The van der Waals surface area contributed by atoms with Gasteiger partial charge in [-0.15, -0.1) is 10.1 Å². The lowest BCUT2D eigenvalue weighted by atomic mass is 9.44. The molecule has 6 nitrogen and oxygen atoms in total. The molecule has 0 N–H and O–H groups in total. The molecule has 0 heterocycles. The zero-order valence-corrected chi connectivity index (χ0v) is 16.7. The SMILES string of the molecule is C[C@]12CC[C@@H](O[N+](=O)[O-])C[C@@H]1CC[C@@H]1[C@@H]2C(=O)C[C@]2(C)C(C(=O)Cl)CC[C@@H]12. The number of carbonyl (C=O) groups is 2. The standard InChI is InChI=1S/C20H28ClNO5/c1-19-8-7-12(27-22(25)26)9-11(19)3-4-13-14-5-6-15(18(21)24)20(14,2)10-16(23)17(13)19/h11-15,17H,3-10H2,1-2H3/t11-,12+,13-,14-,15?,17+,19-,20-/m0/s1. The van der Waals surface area contributed by atoms with Crippen molar-refractivity contribution in [3.63, 3.8) is 0 Å². The van der Waals surface area contributed by atoms with E-state index in [0.29, 0.717) is 31.1 Å². The van der Waals surface area contributed by atoms with Crippen LogP contribution in [0.15, 0.2) is 0 Å².